The van der Waals surface area contributed by atoms with Crippen LogP contribution in [0.2, 0.25) is 5.02 Å². The van der Waals surface area contributed by atoms with Gasteiger partial charge in [0.25, 0.3) is 0 Å². The molecular formula is C14H15ClFNS. The van der Waals surface area contributed by atoms with Crippen LogP contribution in [-0.2, 0) is 0 Å². The lowest BCUT2D eigenvalue weighted by Gasteiger charge is -2.19. The molecular weight excluding hydrogens is 269 g/mol. The summed E-state index contributed by atoms with van der Waals surface area (Å²) in [4.78, 5) is 2.29. The summed E-state index contributed by atoms with van der Waals surface area (Å²) in [5.41, 5.74) is 0.530. The van der Waals surface area contributed by atoms with E-state index in [1.165, 1.54) is 10.9 Å². The summed E-state index contributed by atoms with van der Waals surface area (Å²) in [5, 5.41) is 3.76. The molecule has 0 aliphatic rings. The number of aryl methyl sites for hydroxylation is 1. The van der Waals surface area contributed by atoms with Gasteiger partial charge >= 0.3 is 0 Å². The van der Waals surface area contributed by atoms with Crippen LogP contribution >= 0.6 is 22.9 Å². The van der Waals surface area contributed by atoms with Crippen molar-refractivity contribution in [3.05, 3.63) is 56.5 Å². The number of thiophene rings is 1. The molecule has 0 bridgehead atoms. The molecule has 2 rings (SSSR count). The average Bonchev–Trinajstić information content (AvgIpc) is 2.74. The lowest BCUT2D eigenvalue weighted by Crippen LogP contribution is -2.22. The van der Waals surface area contributed by atoms with Crippen LogP contribution in [0.1, 0.15) is 28.3 Å². The first-order valence-electron chi connectivity index (χ1n) is 5.87. The third-order valence-electron chi connectivity index (χ3n) is 2.74. The van der Waals surface area contributed by atoms with Crippen LogP contribution in [0.15, 0.2) is 30.3 Å². The minimum atomic E-state index is -0.264. The van der Waals surface area contributed by atoms with Crippen LogP contribution in [-0.4, -0.2) is 6.54 Å². The largest absolute Gasteiger partial charge is 0.306 e. The van der Waals surface area contributed by atoms with Gasteiger partial charge in [-0.25, -0.2) is 4.39 Å². The minimum Gasteiger partial charge on any atom is -0.306 e. The van der Waals surface area contributed by atoms with Crippen molar-refractivity contribution < 1.29 is 4.39 Å². The van der Waals surface area contributed by atoms with E-state index in [4.69, 9.17) is 11.6 Å². The fraction of sp³-hybridized carbons (Fsp3) is 0.286. The van der Waals surface area contributed by atoms with Crippen molar-refractivity contribution in [2.45, 2.75) is 19.9 Å². The maximum atomic E-state index is 14.0. The van der Waals surface area contributed by atoms with Gasteiger partial charge in [-0.15, -0.1) is 11.3 Å². The molecule has 1 N–H and O–H groups in total. The van der Waals surface area contributed by atoms with Gasteiger partial charge in [-0.2, -0.15) is 0 Å². The average molecular weight is 284 g/mol. The predicted molar refractivity (Wildman–Crippen MR) is 76.0 cm³/mol. The summed E-state index contributed by atoms with van der Waals surface area (Å²) in [7, 11) is 0. The molecule has 0 radical (unpaired) electrons. The quantitative estimate of drug-likeness (QED) is 0.868. The molecule has 1 aromatic heterocycles. The Labute approximate surface area is 116 Å². The summed E-state index contributed by atoms with van der Waals surface area (Å²) < 4.78 is 14.0. The van der Waals surface area contributed by atoms with Crippen molar-refractivity contribution in [1.29, 1.82) is 0 Å². The molecule has 2 aromatic rings. The topological polar surface area (TPSA) is 12.0 Å². The second kappa shape index (κ2) is 5.83. The Bertz CT molecular complexity index is 518. The van der Waals surface area contributed by atoms with Crippen molar-refractivity contribution >= 4 is 22.9 Å². The summed E-state index contributed by atoms with van der Waals surface area (Å²) in [6.07, 6.45) is 0. The fourth-order valence-electron chi connectivity index (χ4n) is 1.94. The first-order valence-corrected chi connectivity index (χ1v) is 7.06. The number of rotatable bonds is 4. The summed E-state index contributed by atoms with van der Waals surface area (Å²) in [6, 6.07) is 8.69. The fourth-order valence-corrected chi connectivity index (χ4v) is 3.18. The second-order valence-corrected chi connectivity index (χ2v) is 5.80. The van der Waals surface area contributed by atoms with Crippen LogP contribution in [0.25, 0.3) is 0 Å². The van der Waals surface area contributed by atoms with E-state index in [2.05, 4.69) is 5.32 Å². The van der Waals surface area contributed by atoms with E-state index in [0.29, 0.717) is 10.6 Å². The van der Waals surface area contributed by atoms with Crippen LogP contribution in [0.4, 0.5) is 4.39 Å². The molecule has 0 aliphatic carbocycles. The highest BCUT2D eigenvalue weighted by atomic mass is 35.5. The number of hydrogen-bond acceptors (Lipinski definition) is 2. The van der Waals surface area contributed by atoms with Gasteiger partial charge in [0.2, 0.25) is 0 Å². The molecule has 1 unspecified atom stereocenters. The van der Waals surface area contributed by atoms with Gasteiger partial charge in [0.05, 0.1) is 6.04 Å². The second-order valence-electron chi connectivity index (χ2n) is 4.07. The highest BCUT2D eigenvalue weighted by Crippen LogP contribution is 2.33. The Morgan fingerprint density at radius 1 is 1.33 bits per heavy atom. The van der Waals surface area contributed by atoms with Gasteiger partial charge in [0, 0.05) is 20.3 Å². The number of benzene rings is 1. The zero-order valence-corrected chi connectivity index (χ0v) is 11.9. The number of hydrogen-bond donors (Lipinski definition) is 1. The third-order valence-corrected chi connectivity index (χ3v) is 4.14. The zero-order chi connectivity index (χ0) is 13.1. The Morgan fingerprint density at radius 3 is 2.67 bits per heavy atom. The molecule has 1 nitrogen and oxygen atoms in total. The van der Waals surface area contributed by atoms with Gasteiger partial charge in [0.1, 0.15) is 5.82 Å². The Balaban J connectivity index is 2.47. The molecule has 4 heteroatoms. The molecule has 0 saturated carbocycles. The highest BCUT2D eigenvalue weighted by molar-refractivity contribution is 7.12. The van der Waals surface area contributed by atoms with E-state index in [1.54, 1.807) is 23.5 Å². The molecule has 0 fully saturated rings. The Hall–Kier alpha value is -0.900. The standard InChI is InChI=1S/C14H15ClFNS/c1-3-17-14(12-8-7-9(2)18-12)13-10(15)5-4-6-11(13)16/h4-8,14,17H,3H2,1-2H3. The first-order chi connectivity index (χ1) is 8.63. The molecule has 1 heterocycles. The molecule has 0 amide bonds. The summed E-state index contributed by atoms with van der Waals surface area (Å²) in [6.45, 7) is 4.80. The number of halogens is 2. The number of nitrogens with one attached hydrogen (secondary N) is 1. The summed E-state index contributed by atoms with van der Waals surface area (Å²) in [5.74, 6) is -0.264. The normalized spacial score (nSPS) is 12.7. The van der Waals surface area contributed by atoms with Gasteiger partial charge in [-0.3, -0.25) is 0 Å². The van der Waals surface area contributed by atoms with Crippen molar-refractivity contribution in [3.63, 3.8) is 0 Å². The van der Waals surface area contributed by atoms with Gasteiger partial charge in [-0.1, -0.05) is 24.6 Å². The SMILES string of the molecule is CCNC(c1ccc(C)s1)c1c(F)cccc1Cl. The maximum absolute atomic E-state index is 14.0. The molecule has 96 valence electrons. The van der Waals surface area contributed by atoms with Crippen molar-refractivity contribution in [2.75, 3.05) is 6.54 Å². The van der Waals surface area contributed by atoms with Crippen LogP contribution in [0, 0.1) is 12.7 Å². The minimum absolute atomic E-state index is 0.178. The van der Waals surface area contributed by atoms with E-state index in [-0.39, 0.29) is 11.9 Å². The van der Waals surface area contributed by atoms with Crippen LogP contribution in [0.3, 0.4) is 0 Å². The first kappa shape index (κ1) is 13.5. The predicted octanol–water partition coefficient (Wildman–Crippen LogP) is 4.55. The van der Waals surface area contributed by atoms with E-state index < -0.39 is 0 Å². The van der Waals surface area contributed by atoms with Crippen molar-refractivity contribution in [1.82, 2.24) is 5.32 Å². The van der Waals surface area contributed by atoms with Crippen LogP contribution in [0.5, 0.6) is 0 Å². The maximum Gasteiger partial charge on any atom is 0.129 e. The lowest BCUT2D eigenvalue weighted by atomic mass is 10.0. The van der Waals surface area contributed by atoms with Crippen molar-refractivity contribution in [3.8, 4) is 0 Å². The van der Waals surface area contributed by atoms with Gasteiger partial charge < -0.3 is 5.32 Å². The van der Waals surface area contributed by atoms with Gasteiger partial charge in [-0.05, 0) is 37.7 Å². The molecule has 1 aromatic carbocycles. The Kier molecular flexibility index (Phi) is 4.38. The van der Waals surface area contributed by atoms with E-state index >= 15 is 0 Å². The molecule has 0 aliphatic heterocycles. The van der Waals surface area contributed by atoms with E-state index in [0.717, 1.165) is 11.4 Å². The van der Waals surface area contributed by atoms with E-state index in [1.807, 2.05) is 26.0 Å². The molecule has 18 heavy (non-hydrogen) atoms. The molecule has 0 saturated heterocycles. The third kappa shape index (κ3) is 2.74. The molecule has 1 atom stereocenters. The lowest BCUT2D eigenvalue weighted by molar-refractivity contribution is 0.563. The zero-order valence-electron chi connectivity index (χ0n) is 10.3. The monoisotopic (exact) mass is 283 g/mol. The highest BCUT2D eigenvalue weighted by Gasteiger charge is 2.21. The summed E-state index contributed by atoms with van der Waals surface area (Å²) >= 11 is 7.80. The smallest absolute Gasteiger partial charge is 0.129 e. The Morgan fingerprint density at radius 2 is 2.11 bits per heavy atom. The van der Waals surface area contributed by atoms with Crippen LogP contribution < -0.4 is 5.32 Å². The molecule has 0 spiro atoms. The van der Waals surface area contributed by atoms with Gasteiger partial charge in [0.15, 0.2) is 0 Å². The van der Waals surface area contributed by atoms with E-state index in [9.17, 15) is 4.39 Å². The van der Waals surface area contributed by atoms with Crippen molar-refractivity contribution in [2.24, 2.45) is 0 Å².